The van der Waals surface area contributed by atoms with Crippen molar-refractivity contribution < 1.29 is 18.3 Å². The molecule has 0 radical (unpaired) electrons. The minimum Gasteiger partial charge on any atom is -0.392 e. The van der Waals surface area contributed by atoms with Crippen LogP contribution in [0.1, 0.15) is 35.7 Å². The van der Waals surface area contributed by atoms with E-state index in [4.69, 9.17) is 9.97 Å². The van der Waals surface area contributed by atoms with Crippen molar-refractivity contribution in [2.75, 3.05) is 24.5 Å². The first-order valence-electron chi connectivity index (χ1n) is 10.3. The van der Waals surface area contributed by atoms with Gasteiger partial charge in [0.25, 0.3) is 0 Å². The van der Waals surface area contributed by atoms with Crippen LogP contribution in [0.15, 0.2) is 6.07 Å². The van der Waals surface area contributed by atoms with E-state index in [-0.39, 0.29) is 25.0 Å². The molecule has 1 N–H and O–H groups in total. The Balaban J connectivity index is 1.49. The molecule has 166 valence electrons. The van der Waals surface area contributed by atoms with Gasteiger partial charge in [-0.3, -0.25) is 4.90 Å². The second kappa shape index (κ2) is 7.68. The third kappa shape index (κ3) is 3.87. The van der Waals surface area contributed by atoms with Gasteiger partial charge >= 0.3 is 6.18 Å². The van der Waals surface area contributed by atoms with Crippen LogP contribution in [0.5, 0.6) is 0 Å². The molecule has 0 spiro atoms. The van der Waals surface area contributed by atoms with Crippen LogP contribution >= 0.6 is 11.3 Å². The van der Waals surface area contributed by atoms with E-state index in [1.807, 2.05) is 4.90 Å². The molecule has 0 amide bonds. The molecule has 3 aromatic heterocycles. The van der Waals surface area contributed by atoms with E-state index in [1.54, 1.807) is 11.3 Å². The van der Waals surface area contributed by atoms with Gasteiger partial charge in [0.2, 0.25) is 5.82 Å². The normalized spacial score (nSPS) is 20.0. The van der Waals surface area contributed by atoms with E-state index in [0.29, 0.717) is 25.5 Å². The number of thiophene rings is 1. The minimum absolute atomic E-state index is 0.140. The lowest BCUT2D eigenvalue weighted by molar-refractivity contribution is -0.147. The Morgan fingerprint density at radius 3 is 2.74 bits per heavy atom. The van der Waals surface area contributed by atoms with Crippen LogP contribution in [0.25, 0.3) is 10.2 Å². The average molecular weight is 453 g/mol. The molecule has 2 aliphatic heterocycles. The number of hydrogen-bond donors (Lipinski definition) is 1. The molecule has 0 saturated carbocycles. The van der Waals surface area contributed by atoms with Crippen molar-refractivity contribution >= 4 is 27.4 Å². The van der Waals surface area contributed by atoms with Crippen molar-refractivity contribution in [3.8, 4) is 0 Å². The highest BCUT2D eigenvalue weighted by Gasteiger charge is 2.39. The summed E-state index contributed by atoms with van der Waals surface area (Å²) in [7, 11) is 0. The SMILES string of the molecule is CCc1cc2c(N3CCn4c(nnc4C(F)(F)F)C3)nc(CN3CCC(O)C3)nc2s1. The van der Waals surface area contributed by atoms with Crippen molar-refractivity contribution in [2.45, 2.75) is 51.7 Å². The molecule has 2 aliphatic rings. The minimum atomic E-state index is -4.52. The molecule has 5 heterocycles. The molecule has 31 heavy (non-hydrogen) atoms. The van der Waals surface area contributed by atoms with E-state index in [9.17, 15) is 18.3 Å². The quantitative estimate of drug-likeness (QED) is 0.650. The van der Waals surface area contributed by atoms with Crippen LogP contribution in [0, 0.1) is 0 Å². The van der Waals surface area contributed by atoms with Gasteiger partial charge < -0.3 is 14.6 Å². The van der Waals surface area contributed by atoms with Gasteiger partial charge in [-0.05, 0) is 18.9 Å². The Morgan fingerprint density at radius 1 is 1.19 bits per heavy atom. The Morgan fingerprint density at radius 2 is 2.03 bits per heavy atom. The lowest BCUT2D eigenvalue weighted by atomic mass is 10.2. The molecule has 1 saturated heterocycles. The first-order chi connectivity index (χ1) is 14.8. The summed E-state index contributed by atoms with van der Waals surface area (Å²) >= 11 is 1.61. The fraction of sp³-hybridized carbons (Fsp3) is 0.579. The Bertz CT molecular complexity index is 1110. The van der Waals surface area contributed by atoms with Gasteiger partial charge in [0, 0.05) is 31.1 Å². The van der Waals surface area contributed by atoms with Gasteiger partial charge in [-0.25, -0.2) is 9.97 Å². The number of aliphatic hydroxyl groups excluding tert-OH is 1. The summed E-state index contributed by atoms with van der Waals surface area (Å²) < 4.78 is 40.7. The largest absolute Gasteiger partial charge is 0.451 e. The van der Waals surface area contributed by atoms with E-state index in [0.717, 1.165) is 40.0 Å². The molecular weight excluding hydrogens is 431 g/mol. The van der Waals surface area contributed by atoms with Crippen LogP contribution in [-0.4, -0.2) is 60.5 Å². The van der Waals surface area contributed by atoms with Gasteiger partial charge in [-0.2, -0.15) is 13.2 Å². The zero-order chi connectivity index (χ0) is 21.8. The number of alkyl halides is 3. The van der Waals surface area contributed by atoms with Crippen molar-refractivity contribution in [3.05, 3.63) is 28.4 Å². The second-order valence-corrected chi connectivity index (χ2v) is 9.05. The first kappa shape index (κ1) is 20.6. The average Bonchev–Trinajstić information content (AvgIpc) is 3.43. The van der Waals surface area contributed by atoms with Crippen molar-refractivity contribution in [3.63, 3.8) is 0 Å². The second-order valence-electron chi connectivity index (χ2n) is 7.94. The van der Waals surface area contributed by atoms with Crippen LogP contribution in [0.3, 0.4) is 0 Å². The maximum atomic E-state index is 13.2. The summed E-state index contributed by atoms with van der Waals surface area (Å²) in [5.41, 5.74) is 0. The molecule has 1 fully saturated rings. The number of aromatic nitrogens is 5. The number of β-amino-alcohol motifs (C(OH)–C–C–N with tert-alkyl or cyclic N) is 1. The zero-order valence-electron chi connectivity index (χ0n) is 16.9. The fourth-order valence-electron chi connectivity index (χ4n) is 4.19. The predicted molar refractivity (Wildman–Crippen MR) is 109 cm³/mol. The number of halogens is 3. The number of likely N-dealkylation sites (tertiary alicyclic amines) is 1. The Hall–Kier alpha value is -2.31. The lowest BCUT2D eigenvalue weighted by Gasteiger charge is -2.29. The highest BCUT2D eigenvalue weighted by Crippen LogP contribution is 2.35. The standard InChI is InChI=1S/C19H22F3N7OS/c1-2-12-7-13-16(23-14(24-17(13)31-12)9-27-4-3-11(30)8-27)28-5-6-29-15(10-28)25-26-18(29)19(20,21)22/h7,11,30H,2-6,8-10H2,1H3. The van der Waals surface area contributed by atoms with E-state index in [2.05, 4.69) is 28.1 Å². The molecule has 0 aliphatic carbocycles. The van der Waals surface area contributed by atoms with E-state index >= 15 is 0 Å². The molecule has 0 aromatic carbocycles. The Labute approximate surface area is 180 Å². The smallest absolute Gasteiger partial charge is 0.392 e. The molecule has 0 bridgehead atoms. The van der Waals surface area contributed by atoms with Crippen LogP contribution in [0.4, 0.5) is 19.0 Å². The number of hydrogen-bond acceptors (Lipinski definition) is 8. The van der Waals surface area contributed by atoms with Crippen LogP contribution in [0.2, 0.25) is 0 Å². The monoisotopic (exact) mass is 453 g/mol. The summed E-state index contributed by atoms with van der Waals surface area (Å²) in [5, 5.41) is 17.9. The number of aryl methyl sites for hydroxylation is 1. The maximum absolute atomic E-state index is 13.2. The van der Waals surface area contributed by atoms with Crippen molar-refractivity contribution in [1.29, 1.82) is 0 Å². The molecule has 1 unspecified atom stereocenters. The summed E-state index contributed by atoms with van der Waals surface area (Å²) in [6.45, 7) is 4.70. The topological polar surface area (TPSA) is 83.2 Å². The summed E-state index contributed by atoms with van der Waals surface area (Å²) in [6.07, 6.45) is -3.24. The van der Waals surface area contributed by atoms with E-state index in [1.165, 1.54) is 4.88 Å². The molecule has 1 atom stereocenters. The van der Waals surface area contributed by atoms with Gasteiger partial charge in [0.1, 0.15) is 16.5 Å². The highest BCUT2D eigenvalue weighted by molar-refractivity contribution is 7.18. The molecule has 8 nitrogen and oxygen atoms in total. The zero-order valence-corrected chi connectivity index (χ0v) is 17.7. The van der Waals surface area contributed by atoms with Crippen LogP contribution in [-0.2, 0) is 32.2 Å². The van der Waals surface area contributed by atoms with Crippen molar-refractivity contribution in [1.82, 2.24) is 29.6 Å². The number of anilines is 1. The third-order valence-corrected chi connectivity index (χ3v) is 6.91. The predicted octanol–water partition coefficient (Wildman–Crippen LogP) is 2.45. The molecule has 3 aromatic rings. The summed E-state index contributed by atoms with van der Waals surface area (Å²) in [4.78, 5) is 15.7. The molecule has 5 rings (SSSR count). The summed E-state index contributed by atoms with van der Waals surface area (Å²) in [6, 6.07) is 2.07. The lowest BCUT2D eigenvalue weighted by Crippen LogP contribution is -2.36. The van der Waals surface area contributed by atoms with Gasteiger partial charge in [-0.15, -0.1) is 21.5 Å². The molecule has 12 heteroatoms. The Kier molecular flexibility index (Phi) is 5.10. The number of aliphatic hydroxyl groups is 1. The maximum Gasteiger partial charge on any atom is 0.451 e. The fourth-order valence-corrected chi connectivity index (χ4v) is 5.17. The number of rotatable bonds is 4. The third-order valence-electron chi connectivity index (χ3n) is 5.74. The number of fused-ring (bicyclic) bond motifs is 2. The van der Waals surface area contributed by atoms with Gasteiger partial charge in [0.05, 0.1) is 24.6 Å². The van der Waals surface area contributed by atoms with Crippen molar-refractivity contribution in [2.24, 2.45) is 0 Å². The summed E-state index contributed by atoms with van der Waals surface area (Å²) in [5.74, 6) is 0.704. The molecular formula is C19H22F3N7OS. The van der Waals surface area contributed by atoms with Gasteiger partial charge in [0.15, 0.2) is 5.82 Å². The van der Waals surface area contributed by atoms with E-state index < -0.39 is 12.0 Å². The van der Waals surface area contributed by atoms with Gasteiger partial charge in [-0.1, -0.05) is 6.92 Å². The van der Waals surface area contributed by atoms with Crippen LogP contribution < -0.4 is 4.90 Å². The highest BCUT2D eigenvalue weighted by atomic mass is 32.1. The first-order valence-corrected chi connectivity index (χ1v) is 11.1. The number of nitrogens with zero attached hydrogens (tertiary/aromatic N) is 7.